The van der Waals surface area contributed by atoms with E-state index in [-0.39, 0.29) is 18.6 Å². The topological polar surface area (TPSA) is 59.1 Å². The molecule has 1 unspecified atom stereocenters. The van der Waals surface area contributed by atoms with Gasteiger partial charge in [0.1, 0.15) is 4.32 Å². The van der Waals surface area contributed by atoms with Crippen LogP contribution < -0.4 is 9.47 Å². The third-order valence-electron chi connectivity index (χ3n) is 5.76. The van der Waals surface area contributed by atoms with Gasteiger partial charge in [0, 0.05) is 25.6 Å². The minimum absolute atomic E-state index is 0.0977. The van der Waals surface area contributed by atoms with E-state index in [1.54, 1.807) is 4.90 Å². The smallest absolute Gasteiger partial charge is 0.266 e. The van der Waals surface area contributed by atoms with Crippen molar-refractivity contribution in [2.45, 2.75) is 51.5 Å². The standard InChI is InChI=1S/C22H26N2O4S2/c1-2-16-6-3-4-10-23(16)20(25)7-5-11-24-21(26)19(30-22(24)29)13-15-8-9-17-18(12-15)28-14-27-17/h8-9,12-13,16H,2-7,10-11,14H2,1H3/b19-13-. The van der Waals surface area contributed by atoms with E-state index in [1.165, 1.54) is 18.2 Å². The maximum Gasteiger partial charge on any atom is 0.266 e. The van der Waals surface area contributed by atoms with Gasteiger partial charge >= 0.3 is 0 Å². The number of thiocarbonyl (C=S) groups is 1. The van der Waals surface area contributed by atoms with Crippen molar-refractivity contribution in [3.63, 3.8) is 0 Å². The van der Waals surface area contributed by atoms with Gasteiger partial charge < -0.3 is 14.4 Å². The molecule has 1 aromatic rings. The molecule has 0 N–H and O–H groups in total. The number of benzene rings is 1. The van der Waals surface area contributed by atoms with E-state index in [0.717, 1.165) is 31.4 Å². The first-order valence-corrected chi connectivity index (χ1v) is 11.7. The lowest BCUT2D eigenvalue weighted by Gasteiger charge is -2.35. The van der Waals surface area contributed by atoms with Gasteiger partial charge in [-0.15, -0.1) is 0 Å². The highest BCUT2D eigenvalue weighted by molar-refractivity contribution is 8.26. The minimum Gasteiger partial charge on any atom is -0.454 e. The lowest BCUT2D eigenvalue weighted by atomic mass is 9.99. The first kappa shape index (κ1) is 21.2. The molecule has 8 heteroatoms. The SMILES string of the molecule is CCC1CCCCN1C(=O)CCCN1C(=O)/C(=C/c2ccc3c(c2)OCO3)SC1=S. The van der Waals surface area contributed by atoms with E-state index in [4.69, 9.17) is 21.7 Å². The van der Waals surface area contributed by atoms with Crippen LogP contribution in [0, 0.1) is 0 Å². The average molecular weight is 447 g/mol. The maximum atomic E-state index is 12.8. The Labute approximate surface area is 186 Å². The first-order chi connectivity index (χ1) is 14.6. The summed E-state index contributed by atoms with van der Waals surface area (Å²) in [6, 6.07) is 5.95. The molecule has 3 heterocycles. The second-order valence-corrected chi connectivity index (χ2v) is 9.37. The van der Waals surface area contributed by atoms with Crippen molar-refractivity contribution in [3.05, 3.63) is 28.7 Å². The highest BCUT2D eigenvalue weighted by Crippen LogP contribution is 2.36. The summed E-state index contributed by atoms with van der Waals surface area (Å²) < 4.78 is 11.3. The quantitative estimate of drug-likeness (QED) is 0.482. The summed E-state index contributed by atoms with van der Waals surface area (Å²) in [4.78, 5) is 29.7. The Balaban J connectivity index is 1.33. The molecule has 2 fully saturated rings. The fourth-order valence-electron chi connectivity index (χ4n) is 4.13. The molecule has 6 nitrogen and oxygen atoms in total. The number of ether oxygens (including phenoxy) is 2. The van der Waals surface area contributed by atoms with Crippen LogP contribution in [0.5, 0.6) is 11.5 Å². The zero-order chi connectivity index (χ0) is 21.1. The molecular weight excluding hydrogens is 420 g/mol. The van der Waals surface area contributed by atoms with Gasteiger partial charge in [-0.1, -0.05) is 37.0 Å². The van der Waals surface area contributed by atoms with Crippen molar-refractivity contribution < 1.29 is 19.1 Å². The second-order valence-electron chi connectivity index (χ2n) is 7.69. The second kappa shape index (κ2) is 9.39. The largest absolute Gasteiger partial charge is 0.454 e. The van der Waals surface area contributed by atoms with Gasteiger partial charge in [0.05, 0.1) is 4.91 Å². The number of carbonyl (C=O) groups is 2. The normalized spacial score (nSPS) is 22.3. The van der Waals surface area contributed by atoms with Crippen molar-refractivity contribution in [1.29, 1.82) is 0 Å². The summed E-state index contributed by atoms with van der Waals surface area (Å²) in [6.45, 7) is 3.69. The molecule has 0 radical (unpaired) electrons. The lowest BCUT2D eigenvalue weighted by Crippen LogP contribution is -2.43. The number of carbonyl (C=O) groups excluding carboxylic acids is 2. The van der Waals surface area contributed by atoms with E-state index >= 15 is 0 Å². The Morgan fingerprint density at radius 3 is 2.97 bits per heavy atom. The number of hydrogen-bond acceptors (Lipinski definition) is 6. The van der Waals surface area contributed by atoms with E-state index in [1.807, 2.05) is 29.2 Å². The summed E-state index contributed by atoms with van der Waals surface area (Å²) in [5, 5.41) is 0. The fraction of sp³-hybridized carbons (Fsp3) is 0.500. The molecule has 4 rings (SSSR count). The van der Waals surface area contributed by atoms with Gasteiger partial charge in [-0.25, -0.2) is 0 Å². The Bertz CT molecular complexity index is 886. The van der Waals surface area contributed by atoms with Gasteiger partial charge in [0.2, 0.25) is 12.7 Å². The van der Waals surface area contributed by atoms with Crippen LogP contribution in [0.25, 0.3) is 6.08 Å². The fourth-order valence-corrected chi connectivity index (χ4v) is 5.44. The molecule has 0 saturated carbocycles. The van der Waals surface area contributed by atoms with Crippen LogP contribution in [0.1, 0.15) is 51.0 Å². The van der Waals surface area contributed by atoms with Crippen LogP contribution in [-0.2, 0) is 9.59 Å². The Kier molecular flexibility index (Phi) is 6.63. The van der Waals surface area contributed by atoms with Crippen molar-refractivity contribution in [2.24, 2.45) is 0 Å². The van der Waals surface area contributed by atoms with Gasteiger partial charge in [-0.3, -0.25) is 14.5 Å². The summed E-state index contributed by atoms with van der Waals surface area (Å²) >= 11 is 6.72. The third kappa shape index (κ3) is 4.49. The van der Waals surface area contributed by atoms with E-state index in [9.17, 15) is 9.59 Å². The first-order valence-electron chi connectivity index (χ1n) is 10.5. The summed E-state index contributed by atoms with van der Waals surface area (Å²) in [5.74, 6) is 1.49. The predicted molar refractivity (Wildman–Crippen MR) is 121 cm³/mol. The summed E-state index contributed by atoms with van der Waals surface area (Å²) in [5.41, 5.74) is 0.866. The Morgan fingerprint density at radius 1 is 1.30 bits per heavy atom. The molecule has 1 atom stereocenters. The van der Waals surface area contributed by atoms with Crippen molar-refractivity contribution in [1.82, 2.24) is 9.80 Å². The van der Waals surface area contributed by atoms with Crippen LogP contribution in [0.3, 0.4) is 0 Å². The monoisotopic (exact) mass is 446 g/mol. The van der Waals surface area contributed by atoms with Crippen LogP contribution in [0.15, 0.2) is 23.1 Å². The number of hydrogen-bond donors (Lipinski definition) is 0. The third-order valence-corrected chi connectivity index (χ3v) is 7.14. The number of rotatable bonds is 6. The number of nitrogens with zero attached hydrogens (tertiary/aromatic N) is 2. The van der Waals surface area contributed by atoms with Gasteiger partial charge in [0.15, 0.2) is 11.5 Å². The predicted octanol–water partition coefficient (Wildman–Crippen LogP) is 4.19. The van der Waals surface area contributed by atoms with Crippen molar-refractivity contribution >= 4 is 46.2 Å². The zero-order valence-corrected chi connectivity index (χ0v) is 18.7. The van der Waals surface area contributed by atoms with E-state index in [0.29, 0.717) is 46.2 Å². The number of thioether (sulfide) groups is 1. The summed E-state index contributed by atoms with van der Waals surface area (Å²) in [6.07, 6.45) is 7.29. The molecule has 3 aliphatic rings. The molecule has 1 aromatic carbocycles. The van der Waals surface area contributed by atoms with Crippen molar-refractivity contribution in [2.75, 3.05) is 19.9 Å². The molecule has 2 saturated heterocycles. The van der Waals surface area contributed by atoms with E-state index < -0.39 is 0 Å². The number of fused-ring (bicyclic) bond motifs is 1. The van der Waals surface area contributed by atoms with Crippen LogP contribution >= 0.6 is 24.0 Å². The van der Waals surface area contributed by atoms with Gasteiger partial charge in [-0.2, -0.15) is 0 Å². The molecule has 0 aliphatic carbocycles. The Morgan fingerprint density at radius 2 is 2.13 bits per heavy atom. The van der Waals surface area contributed by atoms with Crippen LogP contribution in [0.4, 0.5) is 0 Å². The number of amides is 2. The zero-order valence-electron chi connectivity index (χ0n) is 17.1. The van der Waals surface area contributed by atoms with E-state index in [2.05, 4.69) is 6.92 Å². The van der Waals surface area contributed by atoms with Crippen LogP contribution in [0.2, 0.25) is 0 Å². The average Bonchev–Trinajstić information content (AvgIpc) is 3.32. The van der Waals surface area contributed by atoms with Crippen LogP contribution in [-0.4, -0.2) is 51.9 Å². The molecule has 30 heavy (non-hydrogen) atoms. The number of piperidine rings is 1. The molecule has 160 valence electrons. The maximum absolute atomic E-state index is 12.8. The van der Waals surface area contributed by atoms with Crippen molar-refractivity contribution in [3.8, 4) is 11.5 Å². The molecule has 0 spiro atoms. The molecule has 0 aromatic heterocycles. The van der Waals surface area contributed by atoms with Gasteiger partial charge in [-0.05, 0) is 55.9 Å². The summed E-state index contributed by atoms with van der Waals surface area (Å²) in [7, 11) is 0. The molecule has 2 amide bonds. The lowest BCUT2D eigenvalue weighted by molar-refractivity contribution is -0.135. The highest BCUT2D eigenvalue weighted by Gasteiger charge is 2.32. The molecular formula is C22H26N2O4S2. The molecule has 3 aliphatic heterocycles. The van der Waals surface area contributed by atoms with Gasteiger partial charge in [0.25, 0.3) is 5.91 Å². The highest BCUT2D eigenvalue weighted by atomic mass is 32.2. The minimum atomic E-state index is -0.0977. The molecule has 0 bridgehead atoms. The number of likely N-dealkylation sites (tertiary alicyclic amines) is 1. The Hall–Kier alpha value is -2.06.